The molecule has 0 saturated heterocycles. The van der Waals surface area contributed by atoms with Crippen molar-refractivity contribution in [3.63, 3.8) is 0 Å². The van der Waals surface area contributed by atoms with Crippen molar-refractivity contribution in [2.75, 3.05) is 5.88 Å². The number of benzene rings is 2. The lowest BCUT2D eigenvalue weighted by molar-refractivity contribution is 0.626. The molecule has 2 rings (SSSR count). The molecule has 0 bridgehead atoms. The third-order valence-electron chi connectivity index (χ3n) is 2.90. The quantitative estimate of drug-likeness (QED) is 0.689. The molecule has 0 spiro atoms. The van der Waals surface area contributed by atoms with E-state index in [-0.39, 0.29) is 11.7 Å². The average molecular weight is 283 g/mol. The molecule has 3 heteroatoms. The fraction of sp³-hybridized carbons (Fsp3) is 0.200. The predicted octanol–water partition coefficient (Wildman–Crippen LogP) is 5.04. The van der Waals surface area contributed by atoms with Gasteiger partial charge in [0, 0.05) is 16.8 Å². The number of halogens is 3. The number of rotatable bonds is 4. The van der Waals surface area contributed by atoms with Crippen LogP contribution in [0.5, 0.6) is 0 Å². The zero-order valence-corrected chi connectivity index (χ0v) is 11.3. The van der Waals surface area contributed by atoms with Crippen LogP contribution in [0.3, 0.4) is 0 Å². The molecule has 0 saturated carbocycles. The lowest BCUT2D eigenvalue weighted by Gasteiger charge is -2.14. The Hall–Kier alpha value is -1.05. The van der Waals surface area contributed by atoms with Crippen LogP contribution in [0.1, 0.15) is 17.0 Å². The standard InChI is InChI=1S/C15H13Cl2F/c16-10-13(12-2-1-3-14(17)9-12)8-11-4-6-15(18)7-5-11/h1-7,9,13H,8,10H2. The first-order valence-corrected chi connectivity index (χ1v) is 6.66. The highest BCUT2D eigenvalue weighted by Crippen LogP contribution is 2.24. The van der Waals surface area contributed by atoms with Crippen LogP contribution in [0.15, 0.2) is 48.5 Å². The molecule has 0 fully saturated rings. The Labute approximate surface area is 116 Å². The highest BCUT2D eigenvalue weighted by molar-refractivity contribution is 6.30. The number of hydrogen-bond donors (Lipinski definition) is 0. The van der Waals surface area contributed by atoms with Gasteiger partial charge in [-0.15, -0.1) is 11.6 Å². The molecular weight excluding hydrogens is 270 g/mol. The molecule has 18 heavy (non-hydrogen) atoms. The van der Waals surface area contributed by atoms with Crippen LogP contribution < -0.4 is 0 Å². The van der Waals surface area contributed by atoms with Gasteiger partial charge in [0.1, 0.15) is 5.82 Å². The molecule has 0 N–H and O–H groups in total. The minimum atomic E-state index is -0.219. The average Bonchev–Trinajstić information content (AvgIpc) is 2.38. The first kappa shape index (κ1) is 13.4. The molecule has 0 aliphatic rings. The van der Waals surface area contributed by atoms with Crippen LogP contribution in [-0.2, 0) is 6.42 Å². The molecule has 94 valence electrons. The third-order valence-corrected chi connectivity index (χ3v) is 3.51. The molecule has 1 atom stereocenters. The summed E-state index contributed by atoms with van der Waals surface area (Å²) in [5.74, 6) is 0.484. The molecule has 0 nitrogen and oxygen atoms in total. The third kappa shape index (κ3) is 3.47. The Morgan fingerprint density at radius 2 is 1.78 bits per heavy atom. The van der Waals surface area contributed by atoms with E-state index in [9.17, 15) is 4.39 Å². The van der Waals surface area contributed by atoms with Crippen molar-refractivity contribution in [1.82, 2.24) is 0 Å². The lowest BCUT2D eigenvalue weighted by Crippen LogP contribution is -2.04. The molecular formula is C15H13Cl2F. The molecule has 0 heterocycles. The highest BCUT2D eigenvalue weighted by Gasteiger charge is 2.11. The SMILES string of the molecule is Fc1ccc(CC(CCl)c2cccc(Cl)c2)cc1. The fourth-order valence-electron chi connectivity index (χ4n) is 1.93. The highest BCUT2D eigenvalue weighted by atomic mass is 35.5. The smallest absolute Gasteiger partial charge is 0.123 e. The van der Waals surface area contributed by atoms with E-state index < -0.39 is 0 Å². The summed E-state index contributed by atoms with van der Waals surface area (Å²) in [7, 11) is 0. The molecule has 0 aliphatic heterocycles. The Kier molecular flexibility index (Phi) is 4.62. The maximum absolute atomic E-state index is 12.8. The summed E-state index contributed by atoms with van der Waals surface area (Å²) in [6.07, 6.45) is 0.782. The van der Waals surface area contributed by atoms with Crippen LogP contribution in [0, 0.1) is 5.82 Å². The maximum atomic E-state index is 12.8. The van der Waals surface area contributed by atoms with E-state index in [1.54, 1.807) is 12.1 Å². The van der Waals surface area contributed by atoms with Gasteiger partial charge in [-0.05, 0) is 41.8 Å². The van der Waals surface area contributed by atoms with Crippen LogP contribution in [0.25, 0.3) is 0 Å². The molecule has 0 aromatic heterocycles. The van der Waals surface area contributed by atoms with Crippen molar-refractivity contribution < 1.29 is 4.39 Å². The first-order chi connectivity index (χ1) is 8.69. The molecule has 0 radical (unpaired) electrons. The Morgan fingerprint density at radius 3 is 2.39 bits per heavy atom. The van der Waals surface area contributed by atoms with Crippen molar-refractivity contribution in [3.05, 3.63) is 70.5 Å². The van der Waals surface area contributed by atoms with Gasteiger partial charge in [0.15, 0.2) is 0 Å². The van der Waals surface area contributed by atoms with E-state index in [1.165, 1.54) is 12.1 Å². The Morgan fingerprint density at radius 1 is 1.06 bits per heavy atom. The fourth-order valence-corrected chi connectivity index (χ4v) is 2.41. The van der Waals surface area contributed by atoms with Crippen molar-refractivity contribution >= 4 is 23.2 Å². The normalized spacial score (nSPS) is 12.4. The monoisotopic (exact) mass is 282 g/mol. The van der Waals surface area contributed by atoms with E-state index in [1.807, 2.05) is 24.3 Å². The van der Waals surface area contributed by atoms with Crippen LogP contribution in [0.2, 0.25) is 5.02 Å². The van der Waals surface area contributed by atoms with Crippen molar-refractivity contribution in [3.8, 4) is 0 Å². The summed E-state index contributed by atoms with van der Waals surface area (Å²) >= 11 is 12.0. The van der Waals surface area contributed by atoms with Crippen molar-refractivity contribution in [2.24, 2.45) is 0 Å². The second-order valence-electron chi connectivity index (χ2n) is 4.24. The minimum Gasteiger partial charge on any atom is -0.207 e. The Balaban J connectivity index is 2.17. The van der Waals surface area contributed by atoms with Crippen LogP contribution in [0.4, 0.5) is 4.39 Å². The summed E-state index contributed by atoms with van der Waals surface area (Å²) in [5.41, 5.74) is 2.18. The summed E-state index contributed by atoms with van der Waals surface area (Å²) in [4.78, 5) is 0. The van der Waals surface area contributed by atoms with Crippen molar-refractivity contribution in [1.29, 1.82) is 0 Å². The van der Waals surface area contributed by atoms with Gasteiger partial charge in [-0.3, -0.25) is 0 Å². The predicted molar refractivity (Wildman–Crippen MR) is 75.0 cm³/mol. The molecule has 0 aliphatic carbocycles. The Bertz CT molecular complexity index is 508. The second kappa shape index (κ2) is 6.21. The zero-order valence-electron chi connectivity index (χ0n) is 9.74. The van der Waals surface area contributed by atoms with E-state index in [0.29, 0.717) is 10.9 Å². The molecule has 2 aromatic carbocycles. The summed E-state index contributed by atoms with van der Waals surface area (Å²) in [5, 5.41) is 0.710. The number of alkyl halides is 1. The summed E-state index contributed by atoms with van der Waals surface area (Å²) in [6.45, 7) is 0. The minimum absolute atomic E-state index is 0.191. The van der Waals surface area contributed by atoms with Crippen molar-refractivity contribution in [2.45, 2.75) is 12.3 Å². The summed E-state index contributed by atoms with van der Waals surface area (Å²) < 4.78 is 12.8. The summed E-state index contributed by atoms with van der Waals surface area (Å²) in [6, 6.07) is 14.2. The maximum Gasteiger partial charge on any atom is 0.123 e. The van der Waals surface area contributed by atoms with Gasteiger partial charge in [0.05, 0.1) is 0 Å². The second-order valence-corrected chi connectivity index (χ2v) is 4.98. The van der Waals surface area contributed by atoms with Crippen LogP contribution >= 0.6 is 23.2 Å². The van der Waals surface area contributed by atoms with Gasteiger partial charge in [-0.2, -0.15) is 0 Å². The molecule has 0 amide bonds. The molecule has 2 aromatic rings. The van der Waals surface area contributed by atoms with Gasteiger partial charge < -0.3 is 0 Å². The van der Waals surface area contributed by atoms with E-state index in [2.05, 4.69) is 0 Å². The van der Waals surface area contributed by atoms with Gasteiger partial charge in [0.2, 0.25) is 0 Å². The number of hydrogen-bond acceptors (Lipinski definition) is 0. The van der Waals surface area contributed by atoms with Gasteiger partial charge in [0.25, 0.3) is 0 Å². The molecule has 1 unspecified atom stereocenters. The lowest BCUT2D eigenvalue weighted by atomic mass is 9.93. The zero-order chi connectivity index (χ0) is 13.0. The van der Waals surface area contributed by atoms with Gasteiger partial charge >= 0.3 is 0 Å². The first-order valence-electron chi connectivity index (χ1n) is 5.75. The largest absolute Gasteiger partial charge is 0.207 e. The van der Waals surface area contributed by atoms with Gasteiger partial charge in [-0.25, -0.2) is 4.39 Å². The van der Waals surface area contributed by atoms with E-state index >= 15 is 0 Å². The van der Waals surface area contributed by atoms with Gasteiger partial charge in [-0.1, -0.05) is 35.9 Å². The van der Waals surface area contributed by atoms with E-state index in [0.717, 1.165) is 17.5 Å². The topological polar surface area (TPSA) is 0 Å². The van der Waals surface area contributed by atoms with E-state index in [4.69, 9.17) is 23.2 Å². The van der Waals surface area contributed by atoms with Crippen LogP contribution in [-0.4, -0.2) is 5.88 Å².